The van der Waals surface area contributed by atoms with Crippen molar-refractivity contribution >= 4 is 17.5 Å². The number of halogens is 5. The number of piperidine rings is 1. The highest BCUT2D eigenvalue weighted by Crippen LogP contribution is 2.23. The van der Waals surface area contributed by atoms with Gasteiger partial charge in [0.1, 0.15) is 11.6 Å². The number of hydrogen-bond acceptors (Lipinski definition) is 7. The number of aromatic nitrogens is 2. The fraction of sp³-hybridized carbons (Fsp3) is 0.526. The molecule has 1 aliphatic heterocycles. The number of nitrogens with zero attached hydrogens (tertiary/aromatic N) is 2. The van der Waals surface area contributed by atoms with Crippen molar-refractivity contribution in [2.45, 2.75) is 44.1 Å². The summed E-state index contributed by atoms with van der Waals surface area (Å²) in [6, 6.07) is 3.54. The van der Waals surface area contributed by atoms with Crippen molar-refractivity contribution in [1.29, 1.82) is 0 Å². The van der Waals surface area contributed by atoms with E-state index in [1.165, 1.54) is 12.1 Å². The Bertz CT molecular complexity index is 904. The van der Waals surface area contributed by atoms with Crippen LogP contribution in [-0.4, -0.2) is 48.3 Å². The number of amides is 1. The number of aryl methyl sites for hydroxylation is 1. The molecule has 0 spiro atoms. The number of benzene rings is 1. The fourth-order valence-electron chi connectivity index (χ4n) is 3.10. The van der Waals surface area contributed by atoms with Crippen LogP contribution in [0.3, 0.4) is 0 Å². The third-order valence-corrected chi connectivity index (χ3v) is 4.93. The van der Waals surface area contributed by atoms with E-state index in [2.05, 4.69) is 25.6 Å². The molecule has 2 heterocycles. The number of carbonyl (C=O) groups excluding carboxylic acids is 1. The maximum Gasteiger partial charge on any atom is 0.522 e. The molecule has 3 rings (SSSR count). The van der Waals surface area contributed by atoms with Crippen LogP contribution in [0.1, 0.15) is 37.1 Å². The molecule has 2 atom stereocenters. The Morgan fingerprint density at radius 2 is 2.12 bits per heavy atom. The van der Waals surface area contributed by atoms with Gasteiger partial charge in [0.25, 0.3) is 5.91 Å². The molecule has 1 aromatic heterocycles. The average Bonchev–Trinajstić information content (AvgIpc) is 3.21. The Kier molecular flexibility index (Phi) is 8.26. The number of carbonyl (C=O) groups is 1. The van der Waals surface area contributed by atoms with Crippen molar-refractivity contribution in [2.75, 3.05) is 19.8 Å². The predicted molar refractivity (Wildman–Crippen MR) is 103 cm³/mol. The molecule has 32 heavy (non-hydrogen) atoms. The molecule has 1 fully saturated rings. The molecular formula is C19H21ClF4N4O4. The first-order chi connectivity index (χ1) is 15.2. The van der Waals surface area contributed by atoms with Gasteiger partial charge in [0.05, 0.1) is 17.7 Å². The molecule has 1 aliphatic rings. The van der Waals surface area contributed by atoms with Gasteiger partial charge in [-0.2, -0.15) is 0 Å². The van der Waals surface area contributed by atoms with Crippen molar-refractivity contribution < 1.29 is 36.2 Å². The highest BCUT2D eigenvalue weighted by atomic mass is 35.5. The molecule has 13 heteroatoms. The van der Waals surface area contributed by atoms with Crippen molar-refractivity contribution in [3.05, 3.63) is 40.8 Å². The van der Waals surface area contributed by atoms with Gasteiger partial charge in [-0.05, 0) is 31.4 Å². The summed E-state index contributed by atoms with van der Waals surface area (Å²) < 4.78 is 63.7. The van der Waals surface area contributed by atoms with E-state index in [-0.39, 0.29) is 54.1 Å². The van der Waals surface area contributed by atoms with E-state index in [0.717, 1.165) is 6.07 Å². The summed E-state index contributed by atoms with van der Waals surface area (Å²) in [7, 11) is 0. The third-order valence-electron chi connectivity index (χ3n) is 4.62. The lowest BCUT2D eigenvalue weighted by molar-refractivity contribution is -0.324. The van der Waals surface area contributed by atoms with Gasteiger partial charge in [0.2, 0.25) is 11.8 Å². The summed E-state index contributed by atoms with van der Waals surface area (Å²) in [5.41, 5.74) is 0. The predicted octanol–water partition coefficient (Wildman–Crippen LogP) is 3.32. The zero-order valence-corrected chi connectivity index (χ0v) is 17.5. The SMILES string of the molecule is O=C(COc1ccc(Cl)c(F)c1)N[C@H]1CC[C@H](c2nnc(CCCOC(F)(F)F)o2)NC1. The minimum Gasteiger partial charge on any atom is -0.484 e. The molecule has 1 amide bonds. The van der Waals surface area contributed by atoms with E-state index in [4.69, 9.17) is 20.8 Å². The van der Waals surface area contributed by atoms with E-state index in [1.54, 1.807) is 0 Å². The fourth-order valence-corrected chi connectivity index (χ4v) is 3.21. The van der Waals surface area contributed by atoms with Crippen LogP contribution in [0.2, 0.25) is 5.02 Å². The summed E-state index contributed by atoms with van der Waals surface area (Å²) in [4.78, 5) is 12.1. The van der Waals surface area contributed by atoms with Crippen molar-refractivity contribution in [2.24, 2.45) is 0 Å². The van der Waals surface area contributed by atoms with Gasteiger partial charge >= 0.3 is 6.36 Å². The van der Waals surface area contributed by atoms with Gasteiger partial charge < -0.3 is 19.8 Å². The lowest BCUT2D eigenvalue weighted by atomic mass is 10.0. The van der Waals surface area contributed by atoms with Crippen molar-refractivity contribution in [3.8, 4) is 5.75 Å². The molecule has 1 saturated heterocycles. The van der Waals surface area contributed by atoms with E-state index in [9.17, 15) is 22.4 Å². The summed E-state index contributed by atoms with van der Waals surface area (Å²) in [5, 5.41) is 13.8. The number of rotatable bonds is 9. The van der Waals surface area contributed by atoms with Crippen LogP contribution in [0.15, 0.2) is 22.6 Å². The standard InChI is InChI=1S/C19H21ClF4N4O4/c20-13-5-4-12(8-14(13)21)30-10-16(29)26-11-3-6-15(25-9-11)18-28-27-17(32-18)2-1-7-31-19(22,23)24/h4-5,8,11,15,25H,1-3,6-7,9-10H2,(H,26,29)/t11-,15+/m0/s1. The minimum absolute atomic E-state index is 0.0338. The quantitative estimate of drug-likeness (QED) is 0.419. The van der Waals surface area contributed by atoms with Gasteiger partial charge in [-0.3, -0.25) is 9.53 Å². The first-order valence-corrected chi connectivity index (χ1v) is 10.2. The molecule has 1 aromatic carbocycles. The lowest BCUT2D eigenvalue weighted by Gasteiger charge is -2.28. The lowest BCUT2D eigenvalue weighted by Crippen LogP contribution is -2.48. The second-order valence-corrected chi connectivity index (χ2v) is 7.51. The molecule has 8 nitrogen and oxygen atoms in total. The molecule has 0 saturated carbocycles. The third kappa shape index (κ3) is 7.61. The summed E-state index contributed by atoms with van der Waals surface area (Å²) in [6.07, 6.45) is -3.15. The highest BCUT2D eigenvalue weighted by molar-refractivity contribution is 6.30. The smallest absolute Gasteiger partial charge is 0.484 e. The Morgan fingerprint density at radius 3 is 2.81 bits per heavy atom. The van der Waals surface area contributed by atoms with Gasteiger partial charge in [0, 0.05) is 25.1 Å². The molecule has 0 unspecified atom stereocenters. The first-order valence-electron chi connectivity index (χ1n) is 9.83. The molecule has 2 aromatic rings. The molecule has 0 bridgehead atoms. The Morgan fingerprint density at radius 1 is 1.31 bits per heavy atom. The topological polar surface area (TPSA) is 98.5 Å². The van der Waals surface area contributed by atoms with Crippen LogP contribution in [0.4, 0.5) is 17.6 Å². The van der Waals surface area contributed by atoms with Crippen LogP contribution in [-0.2, 0) is 16.0 Å². The normalized spacial score (nSPS) is 19.0. The van der Waals surface area contributed by atoms with Gasteiger partial charge in [-0.25, -0.2) is 4.39 Å². The Labute approximate surface area is 185 Å². The average molecular weight is 481 g/mol. The van der Waals surface area contributed by atoms with Crippen molar-refractivity contribution in [1.82, 2.24) is 20.8 Å². The highest BCUT2D eigenvalue weighted by Gasteiger charge is 2.29. The van der Waals surface area contributed by atoms with E-state index in [1.807, 2.05) is 0 Å². The van der Waals surface area contributed by atoms with Crippen LogP contribution in [0, 0.1) is 5.82 Å². The maximum absolute atomic E-state index is 13.4. The monoisotopic (exact) mass is 480 g/mol. The largest absolute Gasteiger partial charge is 0.522 e. The van der Waals surface area contributed by atoms with Crippen LogP contribution >= 0.6 is 11.6 Å². The summed E-state index contributed by atoms with van der Waals surface area (Å²) in [5.74, 6) is -0.216. The van der Waals surface area contributed by atoms with Crippen LogP contribution in [0.25, 0.3) is 0 Å². The summed E-state index contributed by atoms with van der Waals surface area (Å²) >= 11 is 5.60. The number of nitrogens with one attached hydrogen (secondary N) is 2. The molecule has 2 N–H and O–H groups in total. The Hall–Kier alpha value is -2.44. The van der Waals surface area contributed by atoms with Gasteiger partial charge in [-0.15, -0.1) is 23.4 Å². The second kappa shape index (κ2) is 10.9. The van der Waals surface area contributed by atoms with Gasteiger partial charge in [0.15, 0.2) is 6.61 Å². The maximum atomic E-state index is 13.4. The molecule has 0 aliphatic carbocycles. The number of alkyl halides is 3. The minimum atomic E-state index is -4.65. The summed E-state index contributed by atoms with van der Waals surface area (Å²) in [6.45, 7) is -0.309. The van der Waals surface area contributed by atoms with E-state index >= 15 is 0 Å². The molecule has 176 valence electrons. The zero-order valence-electron chi connectivity index (χ0n) is 16.8. The van der Waals surface area contributed by atoms with Crippen LogP contribution in [0.5, 0.6) is 5.75 Å². The number of ether oxygens (including phenoxy) is 2. The van der Waals surface area contributed by atoms with Gasteiger partial charge in [-0.1, -0.05) is 11.6 Å². The second-order valence-electron chi connectivity index (χ2n) is 7.10. The van der Waals surface area contributed by atoms with Crippen LogP contribution < -0.4 is 15.4 Å². The van der Waals surface area contributed by atoms with E-state index in [0.29, 0.717) is 25.3 Å². The van der Waals surface area contributed by atoms with Crippen molar-refractivity contribution in [3.63, 3.8) is 0 Å². The number of hydrogen-bond donors (Lipinski definition) is 2. The zero-order chi connectivity index (χ0) is 23.1. The molecular weight excluding hydrogens is 460 g/mol. The van der Waals surface area contributed by atoms with E-state index < -0.39 is 18.8 Å². The first kappa shape index (κ1) is 24.2. The molecule has 0 radical (unpaired) electrons. The Balaban J connectivity index is 1.36.